The van der Waals surface area contributed by atoms with Crippen LogP contribution in [0.2, 0.25) is 0 Å². The Kier molecular flexibility index (Phi) is 4.61. The molecular weight excluding hydrogens is 348 g/mol. The van der Waals surface area contributed by atoms with E-state index in [0.29, 0.717) is 6.54 Å². The molecule has 5 nitrogen and oxygen atoms in total. The van der Waals surface area contributed by atoms with Gasteiger partial charge in [-0.3, -0.25) is 0 Å². The third-order valence-corrected chi connectivity index (χ3v) is 4.88. The van der Waals surface area contributed by atoms with Gasteiger partial charge in [-0.2, -0.15) is 0 Å². The lowest BCUT2D eigenvalue weighted by molar-refractivity contribution is 0.506. The van der Waals surface area contributed by atoms with Crippen LogP contribution >= 0.6 is 0 Å². The number of aromatic nitrogens is 3. The molecule has 0 spiro atoms. The van der Waals surface area contributed by atoms with E-state index in [1.54, 1.807) is 10.7 Å². The number of hydrogen-bond acceptors (Lipinski definition) is 4. The predicted octanol–water partition coefficient (Wildman–Crippen LogP) is 3.26. The van der Waals surface area contributed by atoms with E-state index in [1.165, 1.54) is 12.1 Å². The van der Waals surface area contributed by atoms with Crippen molar-refractivity contribution in [2.24, 2.45) is 0 Å². The Bertz CT molecular complexity index is 936. The summed E-state index contributed by atoms with van der Waals surface area (Å²) in [4.78, 5) is 2.04. The topological polar surface area (TPSA) is 46.0 Å². The second-order valence-electron chi connectivity index (χ2n) is 7.07. The van der Waals surface area contributed by atoms with Crippen molar-refractivity contribution in [1.29, 1.82) is 0 Å². The Labute approximate surface area is 156 Å². The zero-order chi connectivity index (χ0) is 19.0. The van der Waals surface area contributed by atoms with Gasteiger partial charge in [-0.15, -0.1) is 5.10 Å². The molecule has 1 N–H and O–H groups in total. The van der Waals surface area contributed by atoms with Crippen LogP contribution in [0.15, 0.2) is 48.7 Å². The van der Waals surface area contributed by atoms with Crippen molar-refractivity contribution in [3.8, 4) is 5.69 Å². The number of hydrogen-bond donors (Lipinski definition) is 1. The Balaban J connectivity index is 1.34. The van der Waals surface area contributed by atoms with Crippen LogP contribution in [0.25, 0.3) is 5.69 Å². The third-order valence-electron chi connectivity index (χ3n) is 4.88. The molecule has 27 heavy (non-hydrogen) atoms. The second-order valence-corrected chi connectivity index (χ2v) is 7.07. The van der Waals surface area contributed by atoms with Gasteiger partial charge in [-0.25, -0.2) is 13.5 Å². The first-order chi connectivity index (χ1) is 13.0. The molecule has 4 rings (SSSR count). The van der Waals surface area contributed by atoms with Crippen molar-refractivity contribution < 1.29 is 8.78 Å². The molecule has 1 aliphatic carbocycles. The van der Waals surface area contributed by atoms with Gasteiger partial charge in [0.25, 0.3) is 0 Å². The first-order valence-electron chi connectivity index (χ1n) is 8.88. The van der Waals surface area contributed by atoms with E-state index >= 15 is 0 Å². The maximum absolute atomic E-state index is 13.4. The number of rotatable bonds is 6. The summed E-state index contributed by atoms with van der Waals surface area (Å²) in [7, 11) is 4.00. The van der Waals surface area contributed by atoms with Gasteiger partial charge in [0.15, 0.2) is 11.6 Å². The van der Waals surface area contributed by atoms with Crippen LogP contribution in [0, 0.1) is 11.6 Å². The van der Waals surface area contributed by atoms with Crippen LogP contribution in [0.1, 0.15) is 23.6 Å². The predicted molar refractivity (Wildman–Crippen MR) is 100 cm³/mol. The maximum Gasteiger partial charge on any atom is 0.159 e. The number of nitrogens with one attached hydrogen (secondary N) is 1. The van der Waals surface area contributed by atoms with E-state index in [2.05, 4.69) is 15.6 Å². The fraction of sp³-hybridized carbons (Fsp3) is 0.300. The Morgan fingerprint density at radius 1 is 1.11 bits per heavy atom. The smallest absolute Gasteiger partial charge is 0.159 e. The average Bonchev–Trinajstić information content (AvgIpc) is 3.29. The highest BCUT2D eigenvalue weighted by Crippen LogP contribution is 2.41. The van der Waals surface area contributed by atoms with E-state index in [9.17, 15) is 8.78 Å². The van der Waals surface area contributed by atoms with Crippen molar-refractivity contribution in [3.05, 3.63) is 71.6 Å². The van der Waals surface area contributed by atoms with E-state index in [4.69, 9.17) is 0 Å². The van der Waals surface area contributed by atoms with E-state index in [1.807, 2.05) is 49.5 Å². The molecule has 1 heterocycles. The molecule has 0 amide bonds. The highest BCUT2D eigenvalue weighted by molar-refractivity contribution is 5.49. The summed E-state index contributed by atoms with van der Waals surface area (Å²) in [5.74, 6) is -1.38. The third kappa shape index (κ3) is 3.83. The SMILES string of the molecule is CN(C)c1ccc(-n2cc(CN[C@@H]3C[C@H]3c3ccc(F)c(F)c3)nn2)cc1. The van der Waals surface area contributed by atoms with Gasteiger partial charge in [-0.1, -0.05) is 11.3 Å². The van der Waals surface area contributed by atoms with E-state index in [-0.39, 0.29) is 12.0 Å². The first-order valence-corrected chi connectivity index (χ1v) is 8.88. The fourth-order valence-electron chi connectivity index (χ4n) is 3.18. The van der Waals surface area contributed by atoms with Crippen molar-refractivity contribution >= 4 is 5.69 Å². The molecule has 1 fully saturated rings. The molecule has 0 unspecified atom stereocenters. The first kappa shape index (κ1) is 17.6. The summed E-state index contributed by atoms with van der Waals surface area (Å²) in [6, 6.07) is 12.4. The summed E-state index contributed by atoms with van der Waals surface area (Å²) in [6.45, 7) is 0.584. The number of nitrogens with zero attached hydrogens (tertiary/aromatic N) is 4. The van der Waals surface area contributed by atoms with Gasteiger partial charge >= 0.3 is 0 Å². The highest BCUT2D eigenvalue weighted by Gasteiger charge is 2.38. The molecule has 2 aromatic carbocycles. The van der Waals surface area contributed by atoms with E-state index < -0.39 is 11.6 Å². The van der Waals surface area contributed by atoms with Crippen molar-refractivity contribution in [2.45, 2.75) is 24.9 Å². The lowest BCUT2D eigenvalue weighted by Crippen LogP contribution is -2.17. The summed E-state index contributed by atoms with van der Waals surface area (Å²) in [6.07, 6.45) is 2.80. The van der Waals surface area contributed by atoms with Gasteiger partial charge in [0.05, 0.1) is 17.6 Å². The lowest BCUT2D eigenvalue weighted by Gasteiger charge is -2.12. The number of halogens is 2. The monoisotopic (exact) mass is 369 g/mol. The summed E-state index contributed by atoms with van der Waals surface area (Å²) < 4.78 is 28.1. The second kappa shape index (κ2) is 7.08. The Hall–Kier alpha value is -2.80. The van der Waals surface area contributed by atoms with Crippen LogP contribution in [0.4, 0.5) is 14.5 Å². The molecule has 1 saturated carbocycles. The molecule has 1 aliphatic rings. The van der Waals surface area contributed by atoms with Crippen LogP contribution in [0.5, 0.6) is 0 Å². The Morgan fingerprint density at radius 2 is 1.89 bits per heavy atom. The molecular formula is C20H21F2N5. The molecule has 7 heteroatoms. The van der Waals surface area contributed by atoms with Gasteiger partial charge in [-0.05, 0) is 48.4 Å². The minimum Gasteiger partial charge on any atom is -0.378 e. The van der Waals surface area contributed by atoms with Crippen molar-refractivity contribution in [2.75, 3.05) is 19.0 Å². The van der Waals surface area contributed by atoms with Crippen molar-refractivity contribution in [3.63, 3.8) is 0 Å². The summed E-state index contributed by atoms with van der Waals surface area (Å²) in [5.41, 5.74) is 3.74. The zero-order valence-corrected chi connectivity index (χ0v) is 15.2. The lowest BCUT2D eigenvalue weighted by atomic mass is 10.1. The molecule has 0 aliphatic heterocycles. The van der Waals surface area contributed by atoms with Gasteiger partial charge in [0.1, 0.15) is 0 Å². The molecule has 0 bridgehead atoms. The average molecular weight is 369 g/mol. The largest absolute Gasteiger partial charge is 0.378 e. The quantitative estimate of drug-likeness (QED) is 0.725. The summed E-state index contributed by atoms with van der Waals surface area (Å²) in [5, 5.41) is 11.8. The van der Waals surface area contributed by atoms with Crippen LogP contribution in [-0.4, -0.2) is 35.1 Å². The maximum atomic E-state index is 13.4. The molecule has 140 valence electrons. The van der Waals surface area contributed by atoms with Gasteiger partial charge in [0.2, 0.25) is 0 Å². The van der Waals surface area contributed by atoms with Gasteiger partial charge in [0, 0.05) is 38.3 Å². The summed E-state index contributed by atoms with van der Waals surface area (Å²) >= 11 is 0. The van der Waals surface area contributed by atoms with Crippen LogP contribution in [-0.2, 0) is 6.54 Å². The standard InChI is InChI=1S/C20H21F2N5/c1-26(2)15-4-6-16(7-5-15)27-12-14(24-25-27)11-23-20-10-17(20)13-3-8-18(21)19(22)9-13/h3-9,12,17,20,23H,10-11H2,1-2H3/t17-,20+/m0/s1. The van der Waals surface area contributed by atoms with Gasteiger partial charge < -0.3 is 10.2 Å². The van der Waals surface area contributed by atoms with Crippen molar-refractivity contribution in [1.82, 2.24) is 20.3 Å². The molecule has 2 atom stereocenters. The molecule has 0 radical (unpaired) electrons. The fourth-order valence-corrected chi connectivity index (χ4v) is 3.18. The minimum absolute atomic E-state index is 0.216. The number of anilines is 1. The van der Waals surface area contributed by atoms with E-state index in [0.717, 1.165) is 29.1 Å². The molecule has 0 saturated heterocycles. The highest BCUT2D eigenvalue weighted by atomic mass is 19.2. The van der Waals surface area contributed by atoms with Crippen LogP contribution < -0.4 is 10.2 Å². The number of benzene rings is 2. The zero-order valence-electron chi connectivity index (χ0n) is 15.2. The minimum atomic E-state index is -0.806. The molecule has 3 aromatic rings. The Morgan fingerprint density at radius 3 is 2.59 bits per heavy atom. The van der Waals surface area contributed by atoms with Crippen LogP contribution in [0.3, 0.4) is 0 Å². The molecule has 1 aromatic heterocycles. The normalized spacial score (nSPS) is 18.5.